The smallest absolute Gasteiger partial charge is 0.0755 e. The zero-order valence-corrected chi connectivity index (χ0v) is 38.3. The zero-order valence-electron chi connectivity index (χ0n) is 38.3. The van der Waals surface area contributed by atoms with Gasteiger partial charge in [0.1, 0.15) is 0 Å². The summed E-state index contributed by atoms with van der Waals surface area (Å²) in [6.07, 6.45) is 0. The quantitative estimate of drug-likeness (QED) is 0.161. The van der Waals surface area contributed by atoms with E-state index in [-0.39, 0.29) is 0 Å². The van der Waals surface area contributed by atoms with Crippen molar-refractivity contribution in [2.75, 3.05) is 4.90 Å². The van der Waals surface area contributed by atoms with Crippen molar-refractivity contribution in [2.24, 2.45) is 0 Å². The normalized spacial score (nSPS) is 15.3. The number of para-hydroxylation sites is 3. The van der Waals surface area contributed by atoms with Gasteiger partial charge in [-0.15, -0.1) is 0 Å². The minimum Gasteiger partial charge on any atom is -0.309 e. The number of hydrogen-bond donors (Lipinski definition) is 0. The van der Waals surface area contributed by atoms with Crippen molar-refractivity contribution in [3.05, 3.63) is 311 Å². The second-order valence-electron chi connectivity index (χ2n) is 19.0. The van der Waals surface area contributed by atoms with E-state index in [0.29, 0.717) is 0 Å². The van der Waals surface area contributed by atoms with Gasteiger partial charge in [-0.25, -0.2) is 0 Å². The highest BCUT2D eigenvalue weighted by Crippen LogP contribution is 2.65. The van der Waals surface area contributed by atoms with Crippen LogP contribution in [0.3, 0.4) is 0 Å². The largest absolute Gasteiger partial charge is 0.309 e. The predicted octanol–water partition coefficient (Wildman–Crippen LogP) is 17.0. The van der Waals surface area contributed by atoms with Crippen molar-refractivity contribution in [3.63, 3.8) is 0 Å². The molecule has 12 aromatic rings. The summed E-state index contributed by atoms with van der Waals surface area (Å²) in [7, 11) is 0. The molecule has 1 aromatic heterocycles. The van der Waals surface area contributed by atoms with E-state index in [2.05, 4.69) is 276 Å². The van der Waals surface area contributed by atoms with Gasteiger partial charge in [-0.3, -0.25) is 0 Å². The van der Waals surface area contributed by atoms with E-state index in [4.69, 9.17) is 0 Å². The van der Waals surface area contributed by atoms with Crippen LogP contribution < -0.4 is 4.90 Å². The zero-order chi connectivity index (χ0) is 46.0. The van der Waals surface area contributed by atoms with E-state index >= 15 is 0 Å². The Balaban J connectivity index is 1.07. The molecule has 0 saturated carbocycles. The van der Waals surface area contributed by atoms with E-state index < -0.39 is 10.8 Å². The van der Waals surface area contributed by atoms with Gasteiger partial charge in [0.25, 0.3) is 0 Å². The number of benzene rings is 11. The minimum atomic E-state index is -0.596. The van der Waals surface area contributed by atoms with Gasteiger partial charge in [-0.2, -0.15) is 0 Å². The Morgan fingerprint density at radius 1 is 0.314 bits per heavy atom. The standard InChI is InChI=1S/C68H44N2/c1-4-22-45(23-5-1)46-24-18-29-49(44-46)69(62-42-20-37-57-64(62)52-31-10-13-34-54(52)67(57,47-25-6-2-7-26-47)48-27-8-3-9-28-48)63-43-21-38-58-65(63)53-32-11-14-35-55(53)68(58)56-36-15-17-41-61(56)70-60-40-16-12-30-50(60)51-33-19-39-59(68)66(51)70/h1-44H. The lowest BCUT2D eigenvalue weighted by Gasteiger charge is -2.39. The number of rotatable bonds is 6. The lowest BCUT2D eigenvalue weighted by atomic mass is 9.65. The van der Waals surface area contributed by atoms with Gasteiger partial charge in [0.15, 0.2) is 0 Å². The molecule has 70 heavy (non-hydrogen) atoms. The molecule has 15 rings (SSSR count). The molecule has 2 aliphatic carbocycles. The molecule has 2 nitrogen and oxygen atoms in total. The topological polar surface area (TPSA) is 8.17 Å². The van der Waals surface area contributed by atoms with Crippen molar-refractivity contribution >= 4 is 38.9 Å². The van der Waals surface area contributed by atoms with Crippen LogP contribution in [0.4, 0.5) is 17.1 Å². The molecule has 2 heteroatoms. The van der Waals surface area contributed by atoms with Crippen LogP contribution in [0.1, 0.15) is 44.5 Å². The van der Waals surface area contributed by atoms with Gasteiger partial charge in [0, 0.05) is 27.6 Å². The third-order valence-electron chi connectivity index (χ3n) is 15.8. The number of hydrogen-bond acceptors (Lipinski definition) is 1. The molecular weight excluding hydrogens is 845 g/mol. The van der Waals surface area contributed by atoms with Crippen LogP contribution >= 0.6 is 0 Å². The summed E-state index contributed by atoms with van der Waals surface area (Å²) < 4.78 is 2.53. The molecule has 2 heterocycles. The lowest BCUT2D eigenvalue weighted by Crippen LogP contribution is -2.33. The van der Waals surface area contributed by atoms with Crippen LogP contribution in [0.5, 0.6) is 0 Å². The molecule has 11 aromatic carbocycles. The number of nitrogens with zero attached hydrogens (tertiary/aromatic N) is 2. The van der Waals surface area contributed by atoms with Crippen LogP contribution in [0.2, 0.25) is 0 Å². The highest BCUT2D eigenvalue weighted by molar-refractivity contribution is 6.13. The van der Waals surface area contributed by atoms with Crippen molar-refractivity contribution < 1.29 is 0 Å². The molecule has 1 spiro atoms. The van der Waals surface area contributed by atoms with Gasteiger partial charge >= 0.3 is 0 Å². The molecule has 0 bridgehead atoms. The van der Waals surface area contributed by atoms with Crippen LogP contribution in [0.25, 0.3) is 60.9 Å². The highest BCUT2D eigenvalue weighted by atomic mass is 15.2. The van der Waals surface area contributed by atoms with Crippen LogP contribution in [0.15, 0.2) is 267 Å². The third kappa shape index (κ3) is 5.02. The van der Waals surface area contributed by atoms with Gasteiger partial charge in [0.2, 0.25) is 0 Å². The van der Waals surface area contributed by atoms with Gasteiger partial charge < -0.3 is 9.47 Å². The van der Waals surface area contributed by atoms with Crippen molar-refractivity contribution in [1.82, 2.24) is 4.57 Å². The number of aromatic nitrogens is 1. The maximum atomic E-state index is 2.59. The fourth-order valence-corrected chi connectivity index (χ4v) is 13.3. The van der Waals surface area contributed by atoms with Gasteiger partial charge in [-0.1, -0.05) is 231 Å². The lowest BCUT2D eigenvalue weighted by molar-refractivity contribution is 0.748. The first kappa shape index (κ1) is 39.1. The van der Waals surface area contributed by atoms with Gasteiger partial charge in [0.05, 0.1) is 38.9 Å². The third-order valence-corrected chi connectivity index (χ3v) is 15.8. The second-order valence-corrected chi connectivity index (χ2v) is 19.0. The maximum absolute atomic E-state index is 2.59. The molecule has 0 saturated heterocycles. The van der Waals surface area contributed by atoms with Crippen LogP contribution in [-0.2, 0) is 10.8 Å². The SMILES string of the molecule is c1ccc(-c2cccc(N(c3cccc4c3-c3ccccc3C4(c3ccccc3)c3ccccc3)c3cccc4c3-c3ccccc3C43c4ccccc4-n4c5ccccc5c5cccc3c54)c2)cc1. The number of fused-ring (bicyclic) bond motifs is 15. The Morgan fingerprint density at radius 3 is 1.47 bits per heavy atom. The average molecular weight is 889 g/mol. The molecule has 0 amide bonds. The summed E-state index contributed by atoms with van der Waals surface area (Å²) in [5, 5.41) is 2.55. The molecule has 326 valence electrons. The Morgan fingerprint density at radius 2 is 0.786 bits per heavy atom. The first-order valence-electron chi connectivity index (χ1n) is 24.4. The predicted molar refractivity (Wildman–Crippen MR) is 289 cm³/mol. The summed E-state index contributed by atoms with van der Waals surface area (Å²) in [6.45, 7) is 0. The van der Waals surface area contributed by atoms with Gasteiger partial charge in [-0.05, 0) is 103 Å². The average Bonchev–Trinajstić information content (AvgIpc) is 4.05. The maximum Gasteiger partial charge on any atom is 0.0755 e. The molecule has 1 aliphatic heterocycles. The molecule has 0 N–H and O–H groups in total. The van der Waals surface area contributed by atoms with E-state index in [1.54, 1.807) is 0 Å². The summed E-state index contributed by atoms with van der Waals surface area (Å²) in [4.78, 5) is 2.59. The second kappa shape index (κ2) is 14.8. The summed E-state index contributed by atoms with van der Waals surface area (Å²) >= 11 is 0. The van der Waals surface area contributed by atoms with Crippen molar-refractivity contribution in [2.45, 2.75) is 10.8 Å². The van der Waals surface area contributed by atoms with Crippen LogP contribution in [0, 0.1) is 0 Å². The highest BCUT2D eigenvalue weighted by Gasteiger charge is 2.52. The van der Waals surface area contributed by atoms with E-state index in [1.165, 1.54) is 105 Å². The first-order chi connectivity index (χ1) is 34.8. The molecule has 0 radical (unpaired) electrons. The fourth-order valence-electron chi connectivity index (χ4n) is 13.3. The minimum absolute atomic E-state index is 0.555. The molecule has 1 atom stereocenters. The Kier molecular flexibility index (Phi) is 8.24. The van der Waals surface area contributed by atoms with Crippen molar-refractivity contribution in [3.8, 4) is 39.1 Å². The molecule has 0 fully saturated rings. The van der Waals surface area contributed by atoms with E-state index in [0.717, 1.165) is 17.1 Å². The Labute approximate surface area is 407 Å². The number of anilines is 3. The van der Waals surface area contributed by atoms with E-state index in [1.807, 2.05) is 0 Å². The summed E-state index contributed by atoms with van der Waals surface area (Å²) in [5.41, 5.74) is 23.6. The van der Waals surface area contributed by atoms with E-state index in [9.17, 15) is 0 Å². The monoisotopic (exact) mass is 888 g/mol. The van der Waals surface area contributed by atoms with Crippen molar-refractivity contribution in [1.29, 1.82) is 0 Å². The Bertz CT molecular complexity index is 4030. The molecule has 3 aliphatic rings. The van der Waals surface area contributed by atoms with Crippen LogP contribution in [-0.4, -0.2) is 4.57 Å². The Hall–Kier alpha value is -8.98. The fraction of sp³-hybridized carbons (Fsp3) is 0.0294. The first-order valence-corrected chi connectivity index (χ1v) is 24.4. The molecular formula is C68H44N2. The molecule has 1 unspecified atom stereocenters. The summed E-state index contributed by atoms with van der Waals surface area (Å²) in [6, 6.07) is 99.9. The summed E-state index contributed by atoms with van der Waals surface area (Å²) in [5.74, 6) is 0.